The average molecular weight is 310 g/mol. The average Bonchev–Trinajstić information content (AvgIpc) is 2.49. The molecule has 6 heteroatoms. The van der Waals surface area contributed by atoms with Crippen LogP contribution in [-0.2, 0) is 10.0 Å². The molecule has 0 aromatic heterocycles. The third-order valence-electron chi connectivity index (χ3n) is 2.88. The Bertz CT molecular complexity index is 562. The number of likely N-dealkylation sites (N-methyl/N-ethyl adjacent to an activating group) is 1. The van der Waals surface area contributed by atoms with Crippen LogP contribution in [0.3, 0.4) is 0 Å². The van der Waals surface area contributed by atoms with Crippen LogP contribution >= 0.6 is 0 Å². The monoisotopic (exact) mass is 310 g/mol. The number of hydrogen-bond donors (Lipinski definition) is 1. The van der Waals surface area contributed by atoms with E-state index in [4.69, 9.17) is 11.2 Å². The molecule has 0 unspecified atom stereocenters. The Labute approximate surface area is 127 Å². The number of nitrogens with one attached hydrogen (secondary N) is 1. The fourth-order valence-corrected chi connectivity index (χ4v) is 3.11. The molecule has 116 valence electrons. The molecular weight excluding hydrogens is 288 g/mol. The standard InChI is InChI=1S/C15H22N2O3S/c1-4-12-17(6-3)21(18,19)15-9-7-14(8-10-15)20-13-11-16-5-2/h1,7-10,16H,5-6,11-13H2,2-3H3. The van der Waals surface area contributed by atoms with Crippen LogP contribution in [0.2, 0.25) is 0 Å². The molecule has 0 amide bonds. The van der Waals surface area contributed by atoms with Crippen molar-refractivity contribution in [3.63, 3.8) is 0 Å². The zero-order valence-electron chi connectivity index (χ0n) is 12.5. The molecule has 0 aliphatic rings. The summed E-state index contributed by atoms with van der Waals surface area (Å²) in [4.78, 5) is 0.221. The van der Waals surface area contributed by atoms with Crippen molar-refractivity contribution in [2.45, 2.75) is 18.7 Å². The largest absolute Gasteiger partial charge is 0.492 e. The molecule has 1 N–H and O–H groups in total. The van der Waals surface area contributed by atoms with Crippen LogP contribution in [0.5, 0.6) is 5.75 Å². The zero-order valence-corrected chi connectivity index (χ0v) is 13.3. The van der Waals surface area contributed by atoms with Crippen LogP contribution < -0.4 is 10.1 Å². The lowest BCUT2D eigenvalue weighted by Crippen LogP contribution is -2.31. The molecule has 0 heterocycles. The molecule has 0 atom stereocenters. The smallest absolute Gasteiger partial charge is 0.243 e. The van der Waals surface area contributed by atoms with Gasteiger partial charge >= 0.3 is 0 Å². The highest BCUT2D eigenvalue weighted by molar-refractivity contribution is 7.89. The van der Waals surface area contributed by atoms with Gasteiger partial charge in [0, 0.05) is 13.1 Å². The number of terminal acetylenes is 1. The van der Waals surface area contributed by atoms with E-state index in [9.17, 15) is 8.42 Å². The number of hydrogen-bond acceptors (Lipinski definition) is 4. The summed E-state index contributed by atoms with van der Waals surface area (Å²) < 4.78 is 31.5. The van der Waals surface area contributed by atoms with Crippen molar-refractivity contribution in [3.05, 3.63) is 24.3 Å². The fourth-order valence-electron chi connectivity index (χ4n) is 1.74. The van der Waals surface area contributed by atoms with Crippen molar-refractivity contribution in [1.29, 1.82) is 0 Å². The van der Waals surface area contributed by atoms with Gasteiger partial charge in [0.1, 0.15) is 12.4 Å². The van der Waals surface area contributed by atoms with Crippen LogP contribution in [0.1, 0.15) is 13.8 Å². The molecule has 1 rings (SSSR count). The quantitative estimate of drug-likeness (QED) is 0.552. The van der Waals surface area contributed by atoms with E-state index >= 15 is 0 Å². The Balaban J connectivity index is 2.75. The fraction of sp³-hybridized carbons (Fsp3) is 0.467. The molecule has 1 aromatic rings. The summed E-state index contributed by atoms with van der Waals surface area (Å²) in [6, 6.07) is 6.39. The van der Waals surface area contributed by atoms with Crippen molar-refractivity contribution < 1.29 is 13.2 Å². The highest BCUT2D eigenvalue weighted by Crippen LogP contribution is 2.19. The Morgan fingerprint density at radius 1 is 1.29 bits per heavy atom. The summed E-state index contributed by atoms with van der Waals surface area (Å²) in [5.41, 5.74) is 0. The topological polar surface area (TPSA) is 58.6 Å². The van der Waals surface area contributed by atoms with Gasteiger partial charge < -0.3 is 10.1 Å². The summed E-state index contributed by atoms with van der Waals surface area (Å²) in [5.74, 6) is 3.01. The molecule has 0 saturated carbocycles. The predicted molar refractivity (Wildman–Crippen MR) is 83.7 cm³/mol. The Morgan fingerprint density at radius 2 is 1.95 bits per heavy atom. The van der Waals surface area contributed by atoms with Crippen LogP contribution in [0.4, 0.5) is 0 Å². The maximum Gasteiger partial charge on any atom is 0.243 e. The Morgan fingerprint density at radius 3 is 2.48 bits per heavy atom. The lowest BCUT2D eigenvalue weighted by atomic mass is 10.3. The molecule has 0 bridgehead atoms. The van der Waals surface area contributed by atoms with E-state index in [0.29, 0.717) is 18.9 Å². The van der Waals surface area contributed by atoms with Gasteiger partial charge in [0.2, 0.25) is 10.0 Å². The van der Waals surface area contributed by atoms with Gasteiger partial charge in [0.15, 0.2) is 0 Å². The van der Waals surface area contributed by atoms with Crippen LogP contribution in [0.15, 0.2) is 29.2 Å². The van der Waals surface area contributed by atoms with E-state index in [0.717, 1.165) is 13.1 Å². The van der Waals surface area contributed by atoms with Crippen molar-refractivity contribution >= 4 is 10.0 Å². The number of rotatable bonds is 9. The molecule has 0 saturated heterocycles. The maximum absolute atomic E-state index is 12.3. The molecule has 0 spiro atoms. The lowest BCUT2D eigenvalue weighted by Gasteiger charge is -2.18. The summed E-state index contributed by atoms with van der Waals surface area (Å²) >= 11 is 0. The minimum absolute atomic E-state index is 0.0692. The highest BCUT2D eigenvalue weighted by Gasteiger charge is 2.21. The van der Waals surface area contributed by atoms with Gasteiger partial charge in [-0.3, -0.25) is 0 Å². The first-order chi connectivity index (χ1) is 10.1. The number of sulfonamides is 1. The normalized spacial score (nSPS) is 11.3. The van der Waals surface area contributed by atoms with Crippen molar-refractivity contribution in [2.75, 3.05) is 32.8 Å². The first kappa shape index (κ1) is 17.5. The first-order valence-corrected chi connectivity index (χ1v) is 8.37. The first-order valence-electron chi connectivity index (χ1n) is 6.93. The van der Waals surface area contributed by atoms with Crippen molar-refractivity contribution in [1.82, 2.24) is 9.62 Å². The van der Waals surface area contributed by atoms with Gasteiger partial charge in [0.25, 0.3) is 0 Å². The SMILES string of the molecule is C#CCN(CC)S(=O)(=O)c1ccc(OCCNCC)cc1. The summed E-state index contributed by atoms with van der Waals surface area (Å²) in [5, 5.41) is 3.14. The van der Waals surface area contributed by atoms with Crippen molar-refractivity contribution in [2.24, 2.45) is 0 Å². The van der Waals surface area contributed by atoms with E-state index in [1.54, 1.807) is 19.1 Å². The number of nitrogens with zero attached hydrogens (tertiary/aromatic N) is 1. The van der Waals surface area contributed by atoms with E-state index in [-0.39, 0.29) is 11.4 Å². The second kappa shape index (κ2) is 8.67. The zero-order chi connectivity index (χ0) is 15.7. The van der Waals surface area contributed by atoms with Gasteiger partial charge in [0.05, 0.1) is 11.4 Å². The third-order valence-corrected chi connectivity index (χ3v) is 4.81. The number of ether oxygens (including phenoxy) is 1. The second-order valence-electron chi connectivity index (χ2n) is 4.31. The third kappa shape index (κ3) is 5.05. The van der Waals surface area contributed by atoms with Crippen LogP contribution in [-0.4, -0.2) is 45.5 Å². The minimum atomic E-state index is -3.54. The molecule has 0 radical (unpaired) electrons. The van der Waals surface area contributed by atoms with Gasteiger partial charge in [-0.15, -0.1) is 6.42 Å². The lowest BCUT2D eigenvalue weighted by molar-refractivity contribution is 0.315. The minimum Gasteiger partial charge on any atom is -0.492 e. The molecule has 1 aromatic carbocycles. The highest BCUT2D eigenvalue weighted by atomic mass is 32.2. The molecule has 5 nitrogen and oxygen atoms in total. The summed E-state index contributed by atoms with van der Waals surface area (Å²) in [7, 11) is -3.54. The van der Waals surface area contributed by atoms with E-state index in [1.807, 2.05) is 6.92 Å². The molecule has 0 aliphatic heterocycles. The van der Waals surface area contributed by atoms with Gasteiger partial charge in [-0.2, -0.15) is 4.31 Å². The number of benzene rings is 1. The van der Waals surface area contributed by atoms with Gasteiger partial charge in [-0.05, 0) is 30.8 Å². The van der Waals surface area contributed by atoms with Gasteiger partial charge in [-0.25, -0.2) is 8.42 Å². The second-order valence-corrected chi connectivity index (χ2v) is 6.25. The van der Waals surface area contributed by atoms with Crippen LogP contribution in [0, 0.1) is 12.3 Å². The molecule has 21 heavy (non-hydrogen) atoms. The molecular formula is C15H22N2O3S. The molecule has 0 fully saturated rings. The Kier molecular flexibility index (Phi) is 7.23. The predicted octanol–water partition coefficient (Wildman–Crippen LogP) is 1.32. The molecule has 0 aliphatic carbocycles. The maximum atomic E-state index is 12.3. The van der Waals surface area contributed by atoms with Crippen molar-refractivity contribution in [3.8, 4) is 18.1 Å². The summed E-state index contributed by atoms with van der Waals surface area (Å²) in [6.45, 7) is 6.37. The van der Waals surface area contributed by atoms with E-state index < -0.39 is 10.0 Å². The Hall–Kier alpha value is -1.55. The van der Waals surface area contributed by atoms with Gasteiger partial charge in [-0.1, -0.05) is 19.8 Å². The summed E-state index contributed by atoms with van der Waals surface area (Å²) in [6.07, 6.45) is 5.20. The van der Waals surface area contributed by atoms with Crippen LogP contribution in [0.25, 0.3) is 0 Å². The van der Waals surface area contributed by atoms with E-state index in [2.05, 4.69) is 11.2 Å². The van der Waals surface area contributed by atoms with E-state index in [1.165, 1.54) is 16.4 Å².